The average molecular weight is 576 g/mol. The van der Waals surface area contributed by atoms with Gasteiger partial charge >= 0.3 is 0 Å². The van der Waals surface area contributed by atoms with Crippen LogP contribution in [-0.2, 0) is 0 Å². The fourth-order valence-corrected chi connectivity index (χ4v) is 8.55. The number of rotatable bonds is 6. The van der Waals surface area contributed by atoms with Gasteiger partial charge in [-0.1, -0.05) is 72.8 Å². The Balaban J connectivity index is 0.00000274. The summed E-state index contributed by atoms with van der Waals surface area (Å²) in [6.45, 7) is 0. The molecule has 1 heterocycles. The Bertz CT molecular complexity index is 1230. The average Bonchev–Trinajstić information content (AvgIpc) is 3.33. The van der Waals surface area contributed by atoms with E-state index in [4.69, 9.17) is 9.40 Å². The lowest BCUT2D eigenvalue weighted by molar-refractivity contribution is -0.00000698. The van der Waals surface area contributed by atoms with E-state index in [0.29, 0.717) is 5.89 Å². The van der Waals surface area contributed by atoms with Crippen LogP contribution in [-0.4, -0.2) is 19.1 Å². The van der Waals surface area contributed by atoms with Gasteiger partial charge < -0.3 is 33.3 Å². The van der Waals surface area contributed by atoms with Gasteiger partial charge in [-0.2, -0.15) is 4.98 Å². The number of hydrogen-bond donors (Lipinski definition) is 0. The normalized spacial score (nSPS) is 11.0. The van der Waals surface area contributed by atoms with Crippen LogP contribution in [0.15, 0.2) is 126 Å². The first-order valence-corrected chi connectivity index (χ1v) is 12.8. The molecule has 0 aliphatic heterocycles. The lowest BCUT2D eigenvalue weighted by Crippen LogP contribution is -3.00. The largest absolute Gasteiger partial charge is 1.00 e. The predicted molar refractivity (Wildman–Crippen MR) is 141 cm³/mol. The molecule has 0 N–H and O–H groups in total. The molecule has 1 aromatic heterocycles. The summed E-state index contributed by atoms with van der Waals surface area (Å²) in [5.41, 5.74) is 1.95. The minimum absolute atomic E-state index is 0. The molecule has 5 aromatic rings. The van der Waals surface area contributed by atoms with Crippen molar-refractivity contribution < 1.29 is 28.4 Å². The fourth-order valence-electron chi connectivity index (χ4n) is 4.29. The Hall–Kier alpha value is -2.95. The SMILES string of the molecule is CN(C)c1oc(-c2ccccc2)nc1[P+](c1ccccc1)(c1ccccc1)c1ccccc1.[I-]. The topological polar surface area (TPSA) is 29.3 Å². The molecule has 0 unspecified atom stereocenters. The molecule has 0 amide bonds. The van der Waals surface area contributed by atoms with E-state index >= 15 is 0 Å². The number of halogens is 1. The van der Waals surface area contributed by atoms with E-state index < -0.39 is 7.26 Å². The Morgan fingerprint density at radius 3 is 1.35 bits per heavy atom. The van der Waals surface area contributed by atoms with Gasteiger partial charge in [-0.15, -0.1) is 0 Å². The van der Waals surface area contributed by atoms with Gasteiger partial charge in [-0.3, -0.25) is 0 Å². The smallest absolute Gasteiger partial charge is 0.262 e. The van der Waals surface area contributed by atoms with E-state index in [2.05, 4.69) is 91.0 Å². The van der Waals surface area contributed by atoms with Gasteiger partial charge in [0.05, 0.1) is 0 Å². The first kappa shape index (κ1) is 24.2. The molecule has 0 spiro atoms. The highest BCUT2D eigenvalue weighted by atomic mass is 127. The molecule has 0 fully saturated rings. The minimum Gasteiger partial charge on any atom is -1.00 e. The Morgan fingerprint density at radius 2 is 0.971 bits per heavy atom. The molecule has 34 heavy (non-hydrogen) atoms. The zero-order valence-corrected chi connectivity index (χ0v) is 22.2. The zero-order chi connectivity index (χ0) is 22.7. The third kappa shape index (κ3) is 4.28. The van der Waals surface area contributed by atoms with Crippen LogP contribution in [0.4, 0.5) is 5.88 Å². The molecular weight excluding hydrogens is 550 g/mol. The maximum atomic E-state index is 6.48. The van der Waals surface area contributed by atoms with E-state index in [0.717, 1.165) is 16.9 Å². The van der Waals surface area contributed by atoms with Crippen molar-refractivity contribution in [3.63, 3.8) is 0 Å². The van der Waals surface area contributed by atoms with Crippen molar-refractivity contribution in [1.29, 1.82) is 0 Å². The molecule has 0 saturated heterocycles. The fraction of sp³-hybridized carbons (Fsp3) is 0.0690. The summed E-state index contributed by atoms with van der Waals surface area (Å²) < 4.78 is 6.48. The van der Waals surface area contributed by atoms with Gasteiger partial charge in [0.25, 0.3) is 11.3 Å². The second kappa shape index (κ2) is 10.5. The Kier molecular flexibility index (Phi) is 7.50. The van der Waals surface area contributed by atoms with Crippen molar-refractivity contribution in [1.82, 2.24) is 4.98 Å². The molecule has 0 bridgehead atoms. The number of aromatic nitrogens is 1. The van der Waals surface area contributed by atoms with Crippen molar-refractivity contribution in [2.45, 2.75) is 0 Å². The van der Waals surface area contributed by atoms with Gasteiger partial charge in [0, 0.05) is 19.7 Å². The van der Waals surface area contributed by atoms with Crippen molar-refractivity contribution in [2.24, 2.45) is 0 Å². The van der Waals surface area contributed by atoms with Crippen LogP contribution in [0.1, 0.15) is 0 Å². The van der Waals surface area contributed by atoms with Gasteiger partial charge in [-0.05, 0) is 48.5 Å². The first-order chi connectivity index (χ1) is 16.2. The molecule has 4 aromatic carbocycles. The number of oxazole rings is 1. The third-order valence-electron chi connectivity index (χ3n) is 5.77. The molecule has 5 heteroatoms. The van der Waals surface area contributed by atoms with Crippen molar-refractivity contribution in [2.75, 3.05) is 19.0 Å². The first-order valence-electron chi connectivity index (χ1n) is 11.0. The van der Waals surface area contributed by atoms with E-state index in [1.807, 2.05) is 49.3 Å². The summed E-state index contributed by atoms with van der Waals surface area (Å²) >= 11 is 0. The molecule has 5 rings (SSSR count). The van der Waals surface area contributed by atoms with Crippen LogP contribution in [0.2, 0.25) is 0 Å². The quantitative estimate of drug-likeness (QED) is 0.229. The van der Waals surface area contributed by atoms with Crippen LogP contribution < -0.4 is 50.2 Å². The minimum atomic E-state index is -2.34. The summed E-state index contributed by atoms with van der Waals surface area (Å²) in [5.74, 6) is 1.43. The second-order valence-electron chi connectivity index (χ2n) is 8.09. The van der Waals surface area contributed by atoms with Crippen molar-refractivity contribution in [3.05, 3.63) is 121 Å². The Labute approximate surface area is 218 Å². The maximum absolute atomic E-state index is 6.48. The van der Waals surface area contributed by atoms with Crippen LogP contribution >= 0.6 is 7.26 Å². The highest BCUT2D eigenvalue weighted by Gasteiger charge is 2.53. The van der Waals surface area contributed by atoms with Crippen molar-refractivity contribution >= 4 is 34.5 Å². The van der Waals surface area contributed by atoms with Crippen LogP contribution in [0.3, 0.4) is 0 Å². The maximum Gasteiger partial charge on any atom is 0.262 e. The summed E-state index contributed by atoms with van der Waals surface area (Å²) in [6.07, 6.45) is 0. The lowest BCUT2D eigenvalue weighted by Gasteiger charge is -2.26. The molecule has 0 saturated carbocycles. The molecule has 170 valence electrons. The monoisotopic (exact) mass is 576 g/mol. The number of benzene rings is 4. The van der Waals surface area contributed by atoms with E-state index in [1.54, 1.807) is 0 Å². The molecule has 0 atom stereocenters. The zero-order valence-electron chi connectivity index (χ0n) is 19.2. The molecule has 0 radical (unpaired) electrons. The Morgan fingerprint density at radius 1 is 0.588 bits per heavy atom. The van der Waals surface area contributed by atoms with Gasteiger partial charge in [0.1, 0.15) is 15.9 Å². The second-order valence-corrected chi connectivity index (χ2v) is 11.4. The predicted octanol–water partition coefficient (Wildman–Crippen LogP) is 2.03. The van der Waals surface area contributed by atoms with E-state index in [1.165, 1.54) is 15.9 Å². The molecule has 0 aliphatic rings. The summed E-state index contributed by atoms with van der Waals surface area (Å²) in [7, 11) is 1.70. The third-order valence-corrected chi connectivity index (χ3v) is 9.91. The molecule has 0 aliphatic carbocycles. The van der Waals surface area contributed by atoms with Crippen LogP contribution in [0, 0.1) is 0 Å². The summed E-state index contributed by atoms with van der Waals surface area (Å²) in [5, 5.41) is 3.75. The van der Waals surface area contributed by atoms with Crippen LogP contribution in [0.25, 0.3) is 11.5 Å². The van der Waals surface area contributed by atoms with Gasteiger partial charge in [0.15, 0.2) is 7.26 Å². The summed E-state index contributed by atoms with van der Waals surface area (Å²) in [6, 6.07) is 42.4. The van der Waals surface area contributed by atoms with Gasteiger partial charge in [0.2, 0.25) is 5.89 Å². The van der Waals surface area contributed by atoms with E-state index in [-0.39, 0.29) is 24.0 Å². The number of hydrogen-bond acceptors (Lipinski definition) is 3. The number of nitrogens with zero attached hydrogens (tertiary/aromatic N) is 2. The molecular formula is C29H26IN2OP. The standard InChI is InChI=1S/C29H26N2OP.HI/c1-31(2)29-28(30-27(32-29)23-15-7-3-8-16-23)33(24-17-9-4-10-18-24,25-19-11-5-12-20-25)26-21-13-6-14-22-26;/h3-22H,1-2H3;1H/q+1;/p-1. The summed E-state index contributed by atoms with van der Waals surface area (Å²) in [4.78, 5) is 7.28. The highest BCUT2D eigenvalue weighted by Crippen LogP contribution is 2.56. The van der Waals surface area contributed by atoms with E-state index in [9.17, 15) is 0 Å². The highest BCUT2D eigenvalue weighted by molar-refractivity contribution is 8.01. The number of anilines is 1. The van der Waals surface area contributed by atoms with Crippen LogP contribution in [0.5, 0.6) is 0 Å². The lowest BCUT2D eigenvalue weighted by atomic mass is 10.2. The van der Waals surface area contributed by atoms with Crippen molar-refractivity contribution in [3.8, 4) is 11.5 Å². The molecule has 3 nitrogen and oxygen atoms in total. The van der Waals surface area contributed by atoms with Gasteiger partial charge in [-0.25, -0.2) is 0 Å².